The van der Waals surface area contributed by atoms with Crippen LogP contribution in [0.1, 0.15) is 23.9 Å². The smallest absolute Gasteiger partial charge is 0.265 e. The largest absolute Gasteiger partial charge is 0.326 e. The van der Waals surface area contributed by atoms with Gasteiger partial charge in [-0.15, -0.1) is 0 Å². The topological polar surface area (TPSA) is 83.4 Å². The van der Waals surface area contributed by atoms with Crippen molar-refractivity contribution in [3.05, 3.63) is 52.9 Å². The molecule has 1 aromatic carbocycles. The first kappa shape index (κ1) is 19.5. The zero-order valence-electron chi connectivity index (χ0n) is 16.0. The summed E-state index contributed by atoms with van der Waals surface area (Å²) in [6, 6.07) is 9.35. The van der Waals surface area contributed by atoms with E-state index >= 15 is 0 Å². The van der Waals surface area contributed by atoms with E-state index in [4.69, 9.17) is 12.2 Å². The molecule has 0 radical (unpaired) electrons. The zero-order valence-corrected chi connectivity index (χ0v) is 16.8. The van der Waals surface area contributed by atoms with E-state index in [0.29, 0.717) is 5.69 Å². The van der Waals surface area contributed by atoms with Crippen molar-refractivity contribution in [3.63, 3.8) is 0 Å². The predicted octanol–water partition coefficient (Wildman–Crippen LogP) is 2.31. The molecule has 0 saturated carbocycles. The lowest BCUT2D eigenvalue weighted by molar-refractivity contribution is -0.128. The van der Waals surface area contributed by atoms with Gasteiger partial charge in [0.25, 0.3) is 11.8 Å². The number of thiocarbonyl (C=S) groups is 1. The molecule has 2 N–H and O–H groups in total. The monoisotopic (exact) mass is 396 g/mol. The van der Waals surface area contributed by atoms with E-state index in [1.807, 2.05) is 48.7 Å². The molecule has 0 aliphatic carbocycles. The number of hydrogen-bond acceptors (Lipinski definition) is 4. The van der Waals surface area contributed by atoms with Crippen LogP contribution in [0.15, 0.2) is 35.9 Å². The number of hydrogen-bond donors (Lipinski definition) is 2. The van der Waals surface area contributed by atoms with Gasteiger partial charge in [-0.3, -0.25) is 24.6 Å². The van der Waals surface area contributed by atoms with E-state index in [0.717, 1.165) is 22.6 Å². The van der Waals surface area contributed by atoms with Crippen molar-refractivity contribution in [2.24, 2.45) is 0 Å². The molecule has 1 aromatic heterocycles. The molecule has 1 aliphatic heterocycles. The summed E-state index contributed by atoms with van der Waals surface area (Å²) >= 11 is 4.97. The Labute approximate surface area is 168 Å². The minimum absolute atomic E-state index is 0.0392. The third-order valence-electron chi connectivity index (χ3n) is 4.52. The van der Waals surface area contributed by atoms with Gasteiger partial charge in [0.05, 0.1) is 0 Å². The van der Waals surface area contributed by atoms with Gasteiger partial charge in [0, 0.05) is 36.7 Å². The van der Waals surface area contributed by atoms with Gasteiger partial charge in [0.15, 0.2) is 5.11 Å². The fraction of sp³-hybridized carbons (Fsp3) is 0.200. The van der Waals surface area contributed by atoms with Gasteiger partial charge in [0.1, 0.15) is 5.57 Å². The molecular weight excluding hydrogens is 376 g/mol. The fourth-order valence-corrected chi connectivity index (χ4v) is 3.30. The second kappa shape index (κ2) is 7.40. The van der Waals surface area contributed by atoms with Gasteiger partial charge in [-0.2, -0.15) is 0 Å². The van der Waals surface area contributed by atoms with Crippen LogP contribution in [0.4, 0.5) is 5.69 Å². The molecule has 28 heavy (non-hydrogen) atoms. The Morgan fingerprint density at radius 2 is 1.82 bits per heavy atom. The molecule has 1 saturated heterocycles. The average molecular weight is 396 g/mol. The van der Waals surface area contributed by atoms with Crippen molar-refractivity contribution in [2.75, 3.05) is 12.4 Å². The van der Waals surface area contributed by atoms with Gasteiger partial charge < -0.3 is 9.88 Å². The van der Waals surface area contributed by atoms with Crippen molar-refractivity contribution in [2.45, 2.75) is 20.8 Å². The quantitative estimate of drug-likeness (QED) is 0.474. The highest BCUT2D eigenvalue weighted by atomic mass is 32.1. The summed E-state index contributed by atoms with van der Waals surface area (Å²) in [6.45, 7) is 5.32. The first-order chi connectivity index (χ1) is 13.2. The summed E-state index contributed by atoms with van der Waals surface area (Å²) in [7, 11) is 1.53. The minimum Gasteiger partial charge on any atom is -0.326 e. The number of rotatable bonds is 3. The van der Waals surface area contributed by atoms with E-state index in [1.165, 1.54) is 18.9 Å². The molecule has 0 atom stereocenters. The number of nitrogens with one attached hydrogen (secondary N) is 2. The number of aromatic nitrogens is 1. The van der Waals surface area contributed by atoms with Crippen LogP contribution in [-0.4, -0.2) is 39.3 Å². The lowest BCUT2D eigenvalue weighted by atomic mass is 10.1. The Morgan fingerprint density at radius 1 is 1.18 bits per heavy atom. The highest BCUT2D eigenvalue weighted by Gasteiger charge is 2.31. The number of likely N-dealkylation sites (N-methyl/N-ethyl adjacent to an activating group) is 1. The van der Waals surface area contributed by atoms with E-state index < -0.39 is 11.8 Å². The molecular formula is C20H20N4O3S. The molecule has 3 amide bonds. The number of anilines is 1. The SMILES string of the molecule is CC(=O)Nc1ccc(-n2c(C)cc(C=C3C(=O)NC(=S)N(C)C3=O)c2C)cc1. The first-order valence-corrected chi connectivity index (χ1v) is 9.02. The van der Waals surface area contributed by atoms with Crippen molar-refractivity contribution in [1.82, 2.24) is 14.8 Å². The molecule has 1 aliphatic rings. The van der Waals surface area contributed by atoms with E-state index in [-0.39, 0.29) is 16.6 Å². The first-order valence-electron chi connectivity index (χ1n) is 8.61. The number of nitrogens with zero attached hydrogens (tertiary/aromatic N) is 2. The maximum Gasteiger partial charge on any atom is 0.265 e. The van der Waals surface area contributed by atoms with Crippen molar-refractivity contribution in [1.29, 1.82) is 0 Å². The van der Waals surface area contributed by atoms with Gasteiger partial charge in [-0.05, 0) is 68.0 Å². The number of carbonyl (C=O) groups is 3. The molecule has 0 unspecified atom stereocenters. The van der Waals surface area contributed by atoms with Gasteiger partial charge in [-0.25, -0.2) is 0 Å². The van der Waals surface area contributed by atoms with Crippen LogP contribution in [0.3, 0.4) is 0 Å². The summed E-state index contributed by atoms with van der Waals surface area (Å²) < 4.78 is 2.02. The maximum absolute atomic E-state index is 12.4. The van der Waals surface area contributed by atoms with Gasteiger partial charge in [0.2, 0.25) is 5.91 Å². The van der Waals surface area contributed by atoms with Crippen molar-refractivity contribution in [3.8, 4) is 5.69 Å². The lowest BCUT2D eigenvalue weighted by Gasteiger charge is -2.25. The van der Waals surface area contributed by atoms with E-state index in [1.54, 1.807) is 6.08 Å². The van der Waals surface area contributed by atoms with Crippen LogP contribution in [0.2, 0.25) is 0 Å². The van der Waals surface area contributed by atoms with Crippen LogP contribution in [-0.2, 0) is 14.4 Å². The zero-order chi connectivity index (χ0) is 20.6. The Kier molecular flexibility index (Phi) is 5.15. The fourth-order valence-electron chi connectivity index (χ4n) is 3.13. The Morgan fingerprint density at radius 3 is 2.43 bits per heavy atom. The molecule has 1 fully saturated rings. The van der Waals surface area contributed by atoms with Crippen LogP contribution in [0, 0.1) is 13.8 Å². The number of benzene rings is 1. The highest BCUT2D eigenvalue weighted by molar-refractivity contribution is 7.80. The predicted molar refractivity (Wildman–Crippen MR) is 111 cm³/mol. The van der Waals surface area contributed by atoms with Gasteiger partial charge >= 0.3 is 0 Å². The highest BCUT2D eigenvalue weighted by Crippen LogP contribution is 2.25. The summed E-state index contributed by atoms with van der Waals surface area (Å²) in [5.41, 5.74) is 4.26. The summed E-state index contributed by atoms with van der Waals surface area (Å²) in [6.07, 6.45) is 1.58. The van der Waals surface area contributed by atoms with Crippen LogP contribution < -0.4 is 10.6 Å². The molecule has 0 bridgehead atoms. The molecule has 2 heterocycles. The summed E-state index contributed by atoms with van der Waals surface area (Å²) in [4.78, 5) is 37.0. The second-order valence-corrected chi connectivity index (χ2v) is 6.96. The Bertz CT molecular complexity index is 1030. The van der Waals surface area contributed by atoms with E-state index in [2.05, 4.69) is 10.6 Å². The average Bonchev–Trinajstić information content (AvgIpc) is 2.91. The van der Waals surface area contributed by atoms with Crippen LogP contribution in [0.25, 0.3) is 11.8 Å². The number of amides is 3. The van der Waals surface area contributed by atoms with Crippen molar-refractivity contribution >= 4 is 46.8 Å². The molecule has 7 nitrogen and oxygen atoms in total. The Balaban J connectivity index is 1.98. The lowest BCUT2D eigenvalue weighted by Crippen LogP contribution is -2.52. The minimum atomic E-state index is -0.502. The maximum atomic E-state index is 12.4. The van der Waals surface area contributed by atoms with Crippen LogP contribution in [0.5, 0.6) is 0 Å². The summed E-state index contributed by atoms with van der Waals surface area (Å²) in [5, 5.41) is 5.34. The third kappa shape index (κ3) is 3.59. The summed E-state index contributed by atoms with van der Waals surface area (Å²) in [5.74, 6) is -1.06. The second-order valence-electron chi connectivity index (χ2n) is 6.57. The standard InChI is InChI=1S/C20H20N4O3S/c1-11-9-14(10-17-18(26)22-20(28)23(4)19(17)27)12(2)24(11)16-7-5-15(6-8-16)21-13(3)25/h5-10H,1-4H3,(H,21,25)(H,22,26,28). The molecule has 8 heteroatoms. The molecule has 3 rings (SSSR count). The van der Waals surface area contributed by atoms with E-state index in [9.17, 15) is 14.4 Å². The molecule has 144 valence electrons. The number of aryl methyl sites for hydroxylation is 1. The molecule has 2 aromatic rings. The van der Waals surface area contributed by atoms with Crippen molar-refractivity contribution < 1.29 is 14.4 Å². The Hall–Kier alpha value is -3.26. The van der Waals surface area contributed by atoms with Gasteiger partial charge in [-0.1, -0.05) is 0 Å². The normalized spacial score (nSPS) is 15.8. The third-order valence-corrected chi connectivity index (χ3v) is 4.90. The number of carbonyl (C=O) groups excluding carboxylic acids is 3. The van der Waals surface area contributed by atoms with Crippen LogP contribution >= 0.6 is 12.2 Å². The molecule has 0 spiro atoms.